The molecule has 11 rings (SSSR count). The monoisotopic (exact) mass is 722 g/mol. The Labute approximate surface area is 320 Å². The highest BCUT2D eigenvalue weighted by molar-refractivity contribution is 7.26. The van der Waals surface area contributed by atoms with Crippen LogP contribution in [0.15, 0.2) is 182 Å². The molecule has 0 radical (unpaired) electrons. The number of nitrogens with zero attached hydrogens (tertiary/aromatic N) is 2. The lowest BCUT2D eigenvalue weighted by molar-refractivity contribution is 1.19. The summed E-state index contributed by atoms with van der Waals surface area (Å²) in [6.07, 6.45) is 0. The average molecular weight is 723 g/mol. The Bertz CT molecular complexity index is 3100. The first kappa shape index (κ1) is 31.1. The van der Waals surface area contributed by atoms with Crippen molar-refractivity contribution in [3.8, 4) is 56.2 Å². The van der Waals surface area contributed by atoms with Crippen LogP contribution >= 0.6 is 22.7 Å². The third-order valence-corrected chi connectivity index (χ3v) is 13.0. The molecular formula is C50H30N2S2. The second-order valence-electron chi connectivity index (χ2n) is 13.6. The minimum absolute atomic E-state index is 0.716. The van der Waals surface area contributed by atoms with Crippen molar-refractivity contribution in [3.05, 3.63) is 182 Å². The van der Waals surface area contributed by atoms with Crippen LogP contribution in [0.2, 0.25) is 0 Å². The fraction of sp³-hybridized carbons (Fsp3) is 0. The van der Waals surface area contributed by atoms with Crippen LogP contribution in [0.1, 0.15) is 0 Å². The first-order chi connectivity index (χ1) is 26.8. The van der Waals surface area contributed by atoms with Crippen LogP contribution < -0.4 is 0 Å². The van der Waals surface area contributed by atoms with Gasteiger partial charge in [0.05, 0.1) is 11.4 Å². The molecule has 0 spiro atoms. The molecule has 3 aromatic heterocycles. The Morgan fingerprint density at radius 2 is 0.833 bits per heavy atom. The van der Waals surface area contributed by atoms with Gasteiger partial charge < -0.3 is 0 Å². The molecule has 54 heavy (non-hydrogen) atoms. The number of thiophene rings is 2. The molecule has 0 atom stereocenters. The van der Waals surface area contributed by atoms with Crippen molar-refractivity contribution in [3.63, 3.8) is 0 Å². The summed E-state index contributed by atoms with van der Waals surface area (Å²) >= 11 is 3.67. The zero-order valence-electron chi connectivity index (χ0n) is 29.0. The molecule has 0 bridgehead atoms. The number of hydrogen-bond donors (Lipinski definition) is 0. The van der Waals surface area contributed by atoms with Crippen LogP contribution in [0.25, 0.3) is 107 Å². The van der Waals surface area contributed by atoms with Crippen LogP contribution in [0.3, 0.4) is 0 Å². The highest BCUT2D eigenvalue weighted by Gasteiger charge is 2.22. The van der Waals surface area contributed by atoms with E-state index in [9.17, 15) is 0 Å². The first-order valence-electron chi connectivity index (χ1n) is 18.2. The van der Waals surface area contributed by atoms with Crippen LogP contribution in [-0.4, -0.2) is 9.97 Å². The van der Waals surface area contributed by atoms with Gasteiger partial charge in [0.25, 0.3) is 0 Å². The number of aromatic nitrogens is 2. The lowest BCUT2D eigenvalue weighted by Gasteiger charge is -2.18. The Hall–Kier alpha value is -6.46. The maximum Gasteiger partial charge on any atom is 0.161 e. The zero-order chi connectivity index (χ0) is 35.6. The standard InChI is InChI=1S/C50H30N2S2/c1-2-14-31(15-3-1)33-17-6-7-19-35(33)38-29-28-32-16-4-5-18-34(32)47(38)50-51-43(41-24-12-22-39-36-20-8-10-26-45(36)53-48(39)41)30-44(52-50)42-25-13-23-40-37-21-9-11-27-46(37)54-49(40)42/h1-30H. The predicted octanol–water partition coefficient (Wildman–Crippen LogP) is 14.7. The Balaban J connectivity index is 1.24. The van der Waals surface area contributed by atoms with E-state index in [-0.39, 0.29) is 0 Å². The van der Waals surface area contributed by atoms with Crippen LogP contribution in [-0.2, 0) is 0 Å². The maximum atomic E-state index is 5.58. The molecule has 0 unspecified atom stereocenters. The second kappa shape index (κ2) is 12.6. The zero-order valence-corrected chi connectivity index (χ0v) is 30.7. The van der Waals surface area contributed by atoms with Gasteiger partial charge in [-0.1, -0.05) is 164 Å². The molecular weight excluding hydrogens is 693 g/mol. The molecule has 0 aliphatic heterocycles. The molecule has 0 fully saturated rings. The predicted molar refractivity (Wildman–Crippen MR) is 232 cm³/mol. The van der Waals surface area contributed by atoms with Crippen LogP contribution in [0.5, 0.6) is 0 Å². The van der Waals surface area contributed by atoms with E-state index in [0.29, 0.717) is 5.82 Å². The normalized spacial score (nSPS) is 11.7. The van der Waals surface area contributed by atoms with E-state index in [1.54, 1.807) is 0 Å². The van der Waals surface area contributed by atoms with E-state index in [2.05, 4.69) is 182 Å². The van der Waals surface area contributed by atoms with Crippen molar-refractivity contribution in [2.75, 3.05) is 0 Å². The van der Waals surface area contributed by atoms with Gasteiger partial charge in [-0.2, -0.15) is 0 Å². The number of rotatable bonds is 5. The van der Waals surface area contributed by atoms with Crippen molar-refractivity contribution in [2.24, 2.45) is 0 Å². The van der Waals surface area contributed by atoms with Gasteiger partial charge in [-0.15, -0.1) is 22.7 Å². The fourth-order valence-electron chi connectivity index (χ4n) is 8.06. The van der Waals surface area contributed by atoms with Crippen molar-refractivity contribution >= 4 is 73.8 Å². The third-order valence-electron chi connectivity index (χ3n) is 10.5. The Kier molecular flexibility index (Phi) is 7.25. The second-order valence-corrected chi connectivity index (χ2v) is 15.7. The summed E-state index contributed by atoms with van der Waals surface area (Å²) in [6, 6.07) is 65.4. The van der Waals surface area contributed by atoms with Crippen molar-refractivity contribution in [1.82, 2.24) is 9.97 Å². The SMILES string of the molecule is c1ccc(-c2ccccc2-c2ccc3ccccc3c2-c2nc(-c3cccc4c3sc3ccccc34)cc(-c3cccc4c3sc3ccccc34)n2)cc1. The van der Waals surface area contributed by atoms with Gasteiger partial charge in [-0.25, -0.2) is 9.97 Å². The molecule has 8 aromatic carbocycles. The highest BCUT2D eigenvalue weighted by atomic mass is 32.1. The van der Waals surface area contributed by atoms with Gasteiger partial charge in [-0.3, -0.25) is 0 Å². The summed E-state index contributed by atoms with van der Waals surface area (Å²) in [7, 11) is 0. The maximum absolute atomic E-state index is 5.58. The number of hydrogen-bond acceptors (Lipinski definition) is 4. The quantitative estimate of drug-likeness (QED) is 0.177. The van der Waals surface area contributed by atoms with E-state index in [0.717, 1.165) is 50.0 Å². The van der Waals surface area contributed by atoms with E-state index in [1.165, 1.54) is 51.5 Å². The van der Waals surface area contributed by atoms with Crippen molar-refractivity contribution < 1.29 is 0 Å². The van der Waals surface area contributed by atoms with E-state index in [4.69, 9.17) is 9.97 Å². The molecule has 0 amide bonds. The Morgan fingerprint density at radius 1 is 0.333 bits per heavy atom. The van der Waals surface area contributed by atoms with Gasteiger partial charge in [0.2, 0.25) is 0 Å². The molecule has 11 aromatic rings. The average Bonchev–Trinajstić information content (AvgIpc) is 3.82. The summed E-state index contributed by atoms with van der Waals surface area (Å²) in [5, 5.41) is 7.34. The van der Waals surface area contributed by atoms with Gasteiger partial charge >= 0.3 is 0 Å². The topological polar surface area (TPSA) is 25.8 Å². The molecule has 0 N–H and O–H groups in total. The smallest absolute Gasteiger partial charge is 0.161 e. The molecule has 0 aliphatic rings. The molecule has 0 aliphatic carbocycles. The minimum atomic E-state index is 0.716. The van der Waals surface area contributed by atoms with Crippen molar-refractivity contribution in [1.29, 1.82) is 0 Å². The fourth-order valence-corrected chi connectivity index (χ4v) is 10.5. The van der Waals surface area contributed by atoms with E-state index in [1.807, 2.05) is 22.7 Å². The summed E-state index contributed by atoms with van der Waals surface area (Å²) < 4.78 is 5.03. The number of benzene rings is 8. The molecule has 3 heterocycles. The molecule has 4 heteroatoms. The molecule has 0 saturated heterocycles. The highest BCUT2D eigenvalue weighted by Crippen LogP contribution is 2.45. The van der Waals surface area contributed by atoms with Crippen LogP contribution in [0.4, 0.5) is 0 Å². The summed E-state index contributed by atoms with van der Waals surface area (Å²) in [5.41, 5.74) is 9.72. The van der Waals surface area contributed by atoms with Gasteiger partial charge in [0.1, 0.15) is 0 Å². The third kappa shape index (κ3) is 4.99. The lowest BCUT2D eigenvalue weighted by atomic mass is 9.89. The van der Waals surface area contributed by atoms with E-state index >= 15 is 0 Å². The van der Waals surface area contributed by atoms with E-state index < -0.39 is 0 Å². The van der Waals surface area contributed by atoms with Gasteiger partial charge in [-0.05, 0) is 51.2 Å². The van der Waals surface area contributed by atoms with Gasteiger partial charge in [0, 0.05) is 57.0 Å². The lowest BCUT2D eigenvalue weighted by Crippen LogP contribution is -1.99. The molecule has 0 saturated carbocycles. The van der Waals surface area contributed by atoms with Crippen LogP contribution in [0, 0.1) is 0 Å². The number of fused-ring (bicyclic) bond motifs is 7. The minimum Gasteiger partial charge on any atom is -0.228 e. The summed E-state index contributed by atoms with van der Waals surface area (Å²) in [6.45, 7) is 0. The first-order valence-corrected chi connectivity index (χ1v) is 19.8. The Morgan fingerprint density at radius 3 is 1.48 bits per heavy atom. The molecule has 2 nitrogen and oxygen atoms in total. The van der Waals surface area contributed by atoms with Crippen molar-refractivity contribution in [2.45, 2.75) is 0 Å². The molecule has 252 valence electrons. The summed E-state index contributed by atoms with van der Waals surface area (Å²) in [5.74, 6) is 0.716. The summed E-state index contributed by atoms with van der Waals surface area (Å²) in [4.78, 5) is 11.2. The van der Waals surface area contributed by atoms with Gasteiger partial charge in [0.15, 0.2) is 5.82 Å². The largest absolute Gasteiger partial charge is 0.228 e.